The van der Waals surface area contributed by atoms with Gasteiger partial charge in [-0.25, -0.2) is 4.79 Å². The molecule has 9 heteroatoms. The van der Waals surface area contributed by atoms with Gasteiger partial charge in [-0.3, -0.25) is 4.72 Å². The Bertz CT molecular complexity index is 638. The highest BCUT2D eigenvalue weighted by Crippen LogP contribution is 2.27. The van der Waals surface area contributed by atoms with Crippen LogP contribution in [0.2, 0.25) is 0 Å². The zero-order chi connectivity index (χ0) is 16.1. The molecule has 5 nitrogen and oxygen atoms in total. The molecule has 0 saturated heterocycles. The Hall–Kier alpha value is -2.03. The molecule has 0 radical (unpaired) electrons. The van der Waals surface area contributed by atoms with E-state index in [0.717, 1.165) is 18.2 Å². The molecule has 0 aliphatic carbocycles. The maximum atomic E-state index is 12.3. The summed E-state index contributed by atoms with van der Waals surface area (Å²) in [6.07, 6.45) is 2.15. The van der Waals surface area contributed by atoms with E-state index < -0.39 is 21.5 Å². The van der Waals surface area contributed by atoms with Gasteiger partial charge in [0.25, 0.3) is 0 Å². The number of hydrogen-bond acceptors (Lipinski definition) is 4. The summed E-state index contributed by atoms with van der Waals surface area (Å²) in [7, 11) is -5.52. The van der Waals surface area contributed by atoms with Crippen LogP contribution in [0.15, 0.2) is 30.3 Å². The molecule has 1 aromatic carbocycles. The number of carbonyl (C=O) groups excluding carboxylic acids is 1. The minimum atomic E-state index is -5.52. The van der Waals surface area contributed by atoms with Gasteiger partial charge in [-0.2, -0.15) is 21.6 Å². The Balaban J connectivity index is 3.04. The normalized spacial score (nSPS) is 12.4. The van der Waals surface area contributed by atoms with Gasteiger partial charge in [-0.1, -0.05) is 18.2 Å². The van der Waals surface area contributed by atoms with Crippen LogP contribution in [0.25, 0.3) is 6.08 Å². The van der Waals surface area contributed by atoms with Crippen LogP contribution >= 0.6 is 0 Å². The van der Waals surface area contributed by atoms with Gasteiger partial charge < -0.3 is 4.74 Å². The number of benzene rings is 1. The number of hydrogen-bond donors (Lipinski definition) is 1. The quantitative estimate of drug-likeness (QED) is 0.667. The first-order chi connectivity index (χ1) is 9.67. The SMILES string of the molecule is CCOC(=O)/C=C/c1ccccc1NS(=O)(=O)C(F)(F)F. The van der Waals surface area contributed by atoms with Crippen molar-refractivity contribution >= 4 is 27.8 Å². The van der Waals surface area contributed by atoms with Crippen LogP contribution in [-0.2, 0) is 19.6 Å². The molecule has 0 spiro atoms. The summed E-state index contributed by atoms with van der Waals surface area (Å²) >= 11 is 0. The summed E-state index contributed by atoms with van der Waals surface area (Å²) in [6, 6.07) is 5.34. The van der Waals surface area contributed by atoms with Gasteiger partial charge in [-0.05, 0) is 24.6 Å². The molecule has 1 aromatic rings. The van der Waals surface area contributed by atoms with Crippen molar-refractivity contribution < 1.29 is 31.1 Å². The predicted molar refractivity (Wildman–Crippen MR) is 70.7 cm³/mol. The van der Waals surface area contributed by atoms with E-state index in [4.69, 9.17) is 0 Å². The first kappa shape index (κ1) is 17.0. The number of anilines is 1. The lowest BCUT2D eigenvalue weighted by Gasteiger charge is -2.12. The second kappa shape index (κ2) is 6.61. The highest BCUT2D eigenvalue weighted by atomic mass is 32.2. The van der Waals surface area contributed by atoms with Gasteiger partial charge in [0.05, 0.1) is 12.3 Å². The third-order valence-corrected chi connectivity index (χ3v) is 3.29. The summed E-state index contributed by atoms with van der Waals surface area (Å²) < 4.78 is 65.1. The molecule has 0 saturated carbocycles. The predicted octanol–water partition coefficient (Wildman–Crippen LogP) is 2.52. The van der Waals surface area contributed by atoms with Gasteiger partial charge in [0.15, 0.2) is 0 Å². The van der Waals surface area contributed by atoms with E-state index in [9.17, 15) is 26.4 Å². The summed E-state index contributed by atoms with van der Waals surface area (Å²) in [6.45, 7) is 1.74. The van der Waals surface area contributed by atoms with E-state index in [0.29, 0.717) is 0 Å². The number of nitrogens with one attached hydrogen (secondary N) is 1. The lowest BCUT2D eigenvalue weighted by molar-refractivity contribution is -0.137. The molecule has 0 bridgehead atoms. The van der Waals surface area contributed by atoms with Crippen molar-refractivity contribution in [3.8, 4) is 0 Å². The van der Waals surface area contributed by atoms with Crippen LogP contribution < -0.4 is 4.72 Å². The third kappa shape index (κ3) is 4.78. The smallest absolute Gasteiger partial charge is 0.463 e. The zero-order valence-corrected chi connectivity index (χ0v) is 11.7. The Labute approximate surface area is 119 Å². The molecule has 1 N–H and O–H groups in total. The topological polar surface area (TPSA) is 72.5 Å². The van der Waals surface area contributed by atoms with Crippen LogP contribution in [-0.4, -0.2) is 26.5 Å². The van der Waals surface area contributed by atoms with Gasteiger partial charge in [0.2, 0.25) is 0 Å². The summed E-state index contributed by atoms with van der Waals surface area (Å²) in [5.74, 6) is -0.689. The summed E-state index contributed by atoms with van der Waals surface area (Å²) in [5.41, 5.74) is -5.63. The molecule has 0 aliphatic heterocycles. The molecular weight excluding hydrogens is 311 g/mol. The highest BCUT2D eigenvalue weighted by molar-refractivity contribution is 7.93. The number of alkyl halides is 3. The third-order valence-electron chi connectivity index (χ3n) is 2.20. The number of carbonyl (C=O) groups is 1. The molecule has 0 aliphatic rings. The van der Waals surface area contributed by atoms with Crippen molar-refractivity contribution in [2.75, 3.05) is 11.3 Å². The van der Waals surface area contributed by atoms with E-state index in [1.54, 1.807) is 6.92 Å². The summed E-state index contributed by atoms with van der Waals surface area (Å²) in [5, 5.41) is 0. The first-order valence-electron chi connectivity index (χ1n) is 5.70. The van der Waals surface area contributed by atoms with E-state index >= 15 is 0 Å². The van der Waals surface area contributed by atoms with Crippen LogP contribution in [0.3, 0.4) is 0 Å². The number of ether oxygens (including phenoxy) is 1. The van der Waals surface area contributed by atoms with Crippen LogP contribution in [0.5, 0.6) is 0 Å². The van der Waals surface area contributed by atoms with Crippen LogP contribution in [0, 0.1) is 0 Å². The van der Waals surface area contributed by atoms with Crippen LogP contribution in [0.4, 0.5) is 18.9 Å². The maximum absolute atomic E-state index is 12.3. The molecule has 1 rings (SSSR count). The van der Waals surface area contributed by atoms with E-state index in [1.165, 1.54) is 22.9 Å². The maximum Gasteiger partial charge on any atom is 0.516 e. The lowest BCUT2D eigenvalue weighted by atomic mass is 10.2. The second-order valence-electron chi connectivity index (χ2n) is 3.72. The number of rotatable bonds is 5. The molecular formula is C12H12F3NO4S. The Morgan fingerprint density at radius 3 is 2.52 bits per heavy atom. The zero-order valence-electron chi connectivity index (χ0n) is 10.8. The Kier molecular flexibility index (Phi) is 5.36. The fourth-order valence-electron chi connectivity index (χ4n) is 1.29. The number of sulfonamides is 1. The highest BCUT2D eigenvalue weighted by Gasteiger charge is 2.46. The van der Waals surface area contributed by atoms with Crippen molar-refractivity contribution in [1.29, 1.82) is 0 Å². The minimum absolute atomic E-state index is 0.0957. The molecule has 0 fully saturated rings. The van der Waals surface area contributed by atoms with Crippen LogP contribution in [0.1, 0.15) is 12.5 Å². The minimum Gasteiger partial charge on any atom is -0.463 e. The van der Waals surface area contributed by atoms with Crippen molar-refractivity contribution in [3.05, 3.63) is 35.9 Å². The number of halogens is 3. The Morgan fingerprint density at radius 2 is 1.95 bits per heavy atom. The van der Waals surface area contributed by atoms with Crippen molar-refractivity contribution in [1.82, 2.24) is 0 Å². The fourth-order valence-corrected chi connectivity index (χ4v) is 1.88. The number of esters is 1. The van der Waals surface area contributed by atoms with E-state index in [-0.39, 0.29) is 17.9 Å². The van der Waals surface area contributed by atoms with Gasteiger partial charge in [0.1, 0.15) is 0 Å². The molecule has 0 atom stereocenters. The second-order valence-corrected chi connectivity index (χ2v) is 5.40. The molecule has 0 aromatic heterocycles. The van der Waals surface area contributed by atoms with Gasteiger partial charge in [-0.15, -0.1) is 0 Å². The van der Waals surface area contributed by atoms with Gasteiger partial charge >= 0.3 is 21.5 Å². The first-order valence-corrected chi connectivity index (χ1v) is 7.18. The fraction of sp³-hybridized carbons (Fsp3) is 0.250. The van der Waals surface area contributed by atoms with Gasteiger partial charge in [0, 0.05) is 6.08 Å². The lowest BCUT2D eigenvalue weighted by Crippen LogP contribution is -2.30. The van der Waals surface area contributed by atoms with Crippen molar-refractivity contribution in [3.63, 3.8) is 0 Å². The summed E-state index contributed by atoms with van der Waals surface area (Å²) in [4.78, 5) is 11.1. The largest absolute Gasteiger partial charge is 0.516 e. The molecule has 0 amide bonds. The Morgan fingerprint density at radius 1 is 1.33 bits per heavy atom. The van der Waals surface area contributed by atoms with Crippen molar-refractivity contribution in [2.24, 2.45) is 0 Å². The molecule has 0 unspecified atom stereocenters. The average molecular weight is 323 g/mol. The molecule has 116 valence electrons. The average Bonchev–Trinajstić information content (AvgIpc) is 2.36. The molecule has 0 heterocycles. The monoisotopic (exact) mass is 323 g/mol. The number of para-hydroxylation sites is 1. The van der Waals surface area contributed by atoms with Crippen molar-refractivity contribution in [2.45, 2.75) is 12.4 Å². The standard InChI is InChI=1S/C12H12F3NO4S/c1-2-20-11(17)8-7-9-5-3-4-6-10(9)16-21(18,19)12(13,14)15/h3-8,16H,2H2,1H3/b8-7+. The van der Waals surface area contributed by atoms with E-state index in [2.05, 4.69) is 4.74 Å². The van der Waals surface area contributed by atoms with E-state index in [1.807, 2.05) is 0 Å². The molecule has 21 heavy (non-hydrogen) atoms.